The highest BCUT2D eigenvalue weighted by Crippen LogP contribution is 2.44. The molecule has 4 rings (SSSR count). The van der Waals surface area contributed by atoms with Gasteiger partial charge in [-0.25, -0.2) is 4.79 Å². The summed E-state index contributed by atoms with van der Waals surface area (Å²) in [5, 5.41) is 23.5. The van der Waals surface area contributed by atoms with Gasteiger partial charge in [0, 0.05) is 23.0 Å². The Bertz CT molecular complexity index is 1100. The van der Waals surface area contributed by atoms with E-state index in [9.17, 15) is 19.8 Å². The fourth-order valence-corrected chi connectivity index (χ4v) is 4.25. The number of aliphatic hydroxyl groups is 2. The Morgan fingerprint density at radius 1 is 1.03 bits per heavy atom. The van der Waals surface area contributed by atoms with E-state index < -0.39 is 18.3 Å². The van der Waals surface area contributed by atoms with Gasteiger partial charge in [0.1, 0.15) is 25.1 Å². The maximum absolute atomic E-state index is 12.3. The van der Waals surface area contributed by atoms with Gasteiger partial charge in [0.2, 0.25) is 0 Å². The number of rotatable bonds is 7. The van der Waals surface area contributed by atoms with Crippen molar-refractivity contribution in [1.29, 1.82) is 0 Å². The number of halogens is 1. The molecule has 2 atom stereocenters. The summed E-state index contributed by atoms with van der Waals surface area (Å²) < 4.78 is 5.42. The maximum atomic E-state index is 12.3. The standard InChI is InChI=1S/C25H22ClNO5/c26-16-9-10-17(15(11-16)13-28)24(30)23(29)12-27-25(31)32-14-22-20-7-3-1-5-18(20)19-6-2-4-8-21(19)22/h1-11,13,22-24,29-30H,12,14H2,(H,27,31). The van der Waals surface area contributed by atoms with E-state index in [1.54, 1.807) is 0 Å². The molecule has 0 radical (unpaired) electrons. The number of carbonyl (C=O) groups is 2. The fraction of sp³-hybridized carbons (Fsp3) is 0.200. The van der Waals surface area contributed by atoms with Gasteiger partial charge in [-0.1, -0.05) is 66.2 Å². The molecule has 3 aromatic carbocycles. The quantitative estimate of drug-likeness (QED) is 0.470. The summed E-state index contributed by atoms with van der Waals surface area (Å²) in [6.07, 6.45) is -2.86. The molecule has 32 heavy (non-hydrogen) atoms. The van der Waals surface area contributed by atoms with Crippen LogP contribution in [0.15, 0.2) is 66.7 Å². The molecule has 3 aromatic rings. The number of alkyl carbamates (subject to hydrolysis) is 1. The minimum absolute atomic E-state index is 0.0760. The van der Waals surface area contributed by atoms with Crippen molar-refractivity contribution in [3.63, 3.8) is 0 Å². The highest BCUT2D eigenvalue weighted by molar-refractivity contribution is 6.30. The van der Waals surface area contributed by atoms with Crippen LogP contribution in [0.2, 0.25) is 5.02 Å². The summed E-state index contributed by atoms with van der Waals surface area (Å²) >= 11 is 5.86. The molecule has 7 heteroatoms. The zero-order valence-electron chi connectivity index (χ0n) is 17.1. The molecule has 0 spiro atoms. The normalized spacial score (nSPS) is 14.2. The van der Waals surface area contributed by atoms with E-state index in [4.69, 9.17) is 16.3 Å². The number of carbonyl (C=O) groups excluding carboxylic acids is 2. The topological polar surface area (TPSA) is 95.9 Å². The summed E-state index contributed by atoms with van der Waals surface area (Å²) in [5.41, 5.74) is 4.85. The molecule has 1 aliphatic rings. The predicted octanol–water partition coefficient (Wildman–Crippen LogP) is 4.09. The second-order valence-corrected chi connectivity index (χ2v) is 8.05. The van der Waals surface area contributed by atoms with E-state index in [1.165, 1.54) is 18.2 Å². The molecule has 164 valence electrons. The fourth-order valence-electron chi connectivity index (χ4n) is 4.07. The van der Waals surface area contributed by atoms with Crippen molar-refractivity contribution in [2.45, 2.75) is 18.1 Å². The monoisotopic (exact) mass is 451 g/mol. The van der Waals surface area contributed by atoms with Crippen molar-refractivity contribution in [3.8, 4) is 11.1 Å². The lowest BCUT2D eigenvalue weighted by atomic mass is 9.98. The van der Waals surface area contributed by atoms with Crippen LogP contribution < -0.4 is 5.32 Å². The van der Waals surface area contributed by atoms with E-state index in [0.717, 1.165) is 22.3 Å². The maximum Gasteiger partial charge on any atom is 0.407 e. The number of amides is 1. The summed E-state index contributed by atoms with van der Waals surface area (Å²) in [5.74, 6) is -0.0760. The smallest absolute Gasteiger partial charge is 0.407 e. The second kappa shape index (κ2) is 9.53. The van der Waals surface area contributed by atoms with Gasteiger partial charge in [0.25, 0.3) is 0 Å². The molecule has 0 heterocycles. The molecule has 6 nitrogen and oxygen atoms in total. The zero-order chi connectivity index (χ0) is 22.7. The molecule has 0 saturated carbocycles. The number of hydrogen-bond acceptors (Lipinski definition) is 5. The molecule has 0 fully saturated rings. The van der Waals surface area contributed by atoms with Crippen LogP contribution in [0.5, 0.6) is 0 Å². The molecular formula is C25H22ClNO5. The summed E-state index contributed by atoms with van der Waals surface area (Å²) in [7, 11) is 0. The Balaban J connectivity index is 1.36. The molecule has 1 aliphatic carbocycles. The van der Waals surface area contributed by atoms with E-state index in [2.05, 4.69) is 17.4 Å². The lowest BCUT2D eigenvalue weighted by Gasteiger charge is -2.20. The van der Waals surface area contributed by atoms with E-state index in [0.29, 0.717) is 11.3 Å². The van der Waals surface area contributed by atoms with Crippen LogP contribution in [0.4, 0.5) is 4.79 Å². The van der Waals surface area contributed by atoms with E-state index in [-0.39, 0.29) is 30.2 Å². The van der Waals surface area contributed by atoms with Crippen molar-refractivity contribution in [3.05, 3.63) is 94.0 Å². The predicted molar refractivity (Wildman–Crippen MR) is 121 cm³/mol. The first-order valence-corrected chi connectivity index (χ1v) is 10.6. The average molecular weight is 452 g/mol. The summed E-state index contributed by atoms with van der Waals surface area (Å²) in [6, 6.07) is 20.4. The van der Waals surface area contributed by atoms with Gasteiger partial charge in [-0.05, 0) is 39.9 Å². The Kier molecular flexibility index (Phi) is 6.55. The number of benzene rings is 3. The SMILES string of the molecule is O=Cc1cc(Cl)ccc1C(O)C(O)CNC(=O)OCC1c2ccccc2-c2ccccc21. The van der Waals surface area contributed by atoms with Crippen molar-refractivity contribution in [1.82, 2.24) is 5.32 Å². The van der Waals surface area contributed by atoms with Crippen molar-refractivity contribution in [2.24, 2.45) is 0 Å². The second-order valence-electron chi connectivity index (χ2n) is 7.61. The first-order valence-electron chi connectivity index (χ1n) is 10.2. The first kappa shape index (κ1) is 22.0. The van der Waals surface area contributed by atoms with Crippen LogP contribution in [0, 0.1) is 0 Å². The number of aliphatic hydroxyl groups excluding tert-OH is 2. The van der Waals surface area contributed by atoms with Crippen molar-refractivity contribution < 1.29 is 24.5 Å². The Morgan fingerprint density at radius 2 is 1.66 bits per heavy atom. The first-order chi connectivity index (χ1) is 15.5. The molecule has 1 amide bonds. The molecule has 2 unspecified atom stereocenters. The lowest BCUT2D eigenvalue weighted by molar-refractivity contribution is 0.0182. The van der Waals surface area contributed by atoms with Gasteiger partial charge in [-0.3, -0.25) is 4.79 Å². The van der Waals surface area contributed by atoms with Crippen LogP contribution in [-0.4, -0.2) is 41.8 Å². The number of ether oxygens (including phenoxy) is 1. The van der Waals surface area contributed by atoms with Crippen LogP contribution in [0.1, 0.15) is 39.1 Å². The number of aldehydes is 1. The minimum atomic E-state index is -1.37. The van der Waals surface area contributed by atoms with Crippen molar-refractivity contribution in [2.75, 3.05) is 13.2 Å². The van der Waals surface area contributed by atoms with Crippen LogP contribution in [0.3, 0.4) is 0 Å². The third-order valence-electron chi connectivity index (χ3n) is 5.66. The van der Waals surface area contributed by atoms with Gasteiger partial charge >= 0.3 is 6.09 Å². The van der Waals surface area contributed by atoms with Crippen molar-refractivity contribution >= 4 is 24.0 Å². The number of nitrogens with one attached hydrogen (secondary N) is 1. The van der Waals surface area contributed by atoms with Crippen LogP contribution in [0.25, 0.3) is 11.1 Å². The molecule has 0 saturated heterocycles. The highest BCUT2D eigenvalue weighted by Gasteiger charge is 2.29. The third-order valence-corrected chi connectivity index (χ3v) is 5.89. The lowest BCUT2D eigenvalue weighted by Crippen LogP contribution is -2.36. The Hall–Kier alpha value is -3.19. The van der Waals surface area contributed by atoms with Gasteiger partial charge in [0.05, 0.1) is 0 Å². The minimum Gasteiger partial charge on any atom is -0.449 e. The molecule has 3 N–H and O–H groups in total. The Morgan fingerprint density at radius 3 is 2.28 bits per heavy atom. The van der Waals surface area contributed by atoms with Crippen LogP contribution >= 0.6 is 11.6 Å². The zero-order valence-corrected chi connectivity index (χ0v) is 17.8. The van der Waals surface area contributed by atoms with Gasteiger partial charge in [-0.2, -0.15) is 0 Å². The molecule has 0 aliphatic heterocycles. The average Bonchev–Trinajstić information content (AvgIpc) is 3.14. The Labute approximate surface area is 190 Å². The van der Waals surface area contributed by atoms with Crippen LogP contribution in [-0.2, 0) is 4.74 Å². The molecule has 0 aromatic heterocycles. The number of fused-ring (bicyclic) bond motifs is 3. The molecular weight excluding hydrogens is 430 g/mol. The third kappa shape index (κ3) is 4.39. The number of hydrogen-bond donors (Lipinski definition) is 3. The van der Waals surface area contributed by atoms with Gasteiger partial charge in [-0.15, -0.1) is 0 Å². The largest absolute Gasteiger partial charge is 0.449 e. The molecule has 0 bridgehead atoms. The van der Waals surface area contributed by atoms with Gasteiger partial charge in [0.15, 0.2) is 0 Å². The van der Waals surface area contributed by atoms with Gasteiger partial charge < -0.3 is 20.3 Å². The summed E-state index contributed by atoms with van der Waals surface area (Å²) in [4.78, 5) is 23.5. The van der Waals surface area contributed by atoms with E-state index >= 15 is 0 Å². The summed E-state index contributed by atoms with van der Waals surface area (Å²) in [6.45, 7) is -0.107. The highest BCUT2D eigenvalue weighted by atomic mass is 35.5. The van der Waals surface area contributed by atoms with E-state index in [1.807, 2.05) is 36.4 Å².